The van der Waals surface area contributed by atoms with Crippen molar-refractivity contribution in [3.8, 4) is 0 Å². The molecule has 1 saturated heterocycles. The first-order chi connectivity index (χ1) is 10.6. The van der Waals surface area contributed by atoms with Gasteiger partial charge in [-0.1, -0.05) is 19.3 Å². The van der Waals surface area contributed by atoms with Gasteiger partial charge < -0.3 is 4.90 Å². The van der Waals surface area contributed by atoms with E-state index in [1.807, 2.05) is 0 Å². The fourth-order valence-corrected chi connectivity index (χ4v) is 6.46. The number of sulfone groups is 1. The Labute approximate surface area is 133 Å². The van der Waals surface area contributed by atoms with Gasteiger partial charge in [-0.3, -0.25) is 4.79 Å². The van der Waals surface area contributed by atoms with Gasteiger partial charge in [0.15, 0.2) is 9.84 Å². The minimum atomic E-state index is -2.93. The molecule has 0 bridgehead atoms. The van der Waals surface area contributed by atoms with Crippen LogP contribution in [0.2, 0.25) is 0 Å². The van der Waals surface area contributed by atoms with Crippen molar-refractivity contribution >= 4 is 15.7 Å². The summed E-state index contributed by atoms with van der Waals surface area (Å²) in [6.07, 6.45) is 10.1. The summed E-state index contributed by atoms with van der Waals surface area (Å²) in [5, 5.41) is 0. The molecule has 0 spiro atoms. The van der Waals surface area contributed by atoms with Crippen LogP contribution >= 0.6 is 0 Å². The number of hydrogen-bond acceptors (Lipinski definition) is 3. The Kier molecular flexibility index (Phi) is 3.74. The van der Waals surface area contributed by atoms with Crippen LogP contribution in [0.25, 0.3) is 0 Å². The molecular weight excluding hydrogens is 298 g/mol. The van der Waals surface area contributed by atoms with E-state index in [0.717, 1.165) is 25.2 Å². The fraction of sp³-hybridized carbons (Fsp3) is 0.941. The molecule has 3 aliphatic carbocycles. The second-order valence-corrected chi connectivity index (χ2v) is 10.2. The largest absolute Gasteiger partial charge is 0.335 e. The number of carbonyl (C=O) groups is 1. The molecular formula is C17H27NO3S. The molecule has 0 aromatic heterocycles. The average Bonchev–Trinajstić information content (AvgIpc) is 3.37. The summed E-state index contributed by atoms with van der Waals surface area (Å²) in [5.74, 6) is 2.41. The monoisotopic (exact) mass is 325 g/mol. The second-order valence-electron chi connectivity index (χ2n) is 7.94. The summed E-state index contributed by atoms with van der Waals surface area (Å²) in [6.45, 7) is 0. The summed E-state index contributed by atoms with van der Waals surface area (Å²) in [6, 6.07) is 0.265. The van der Waals surface area contributed by atoms with Crippen LogP contribution in [0.4, 0.5) is 0 Å². The number of amides is 1. The molecule has 0 radical (unpaired) electrons. The fourth-order valence-electron chi connectivity index (χ4n) is 4.75. The van der Waals surface area contributed by atoms with Gasteiger partial charge in [0, 0.05) is 18.0 Å². The van der Waals surface area contributed by atoms with E-state index < -0.39 is 9.84 Å². The quantitative estimate of drug-likeness (QED) is 0.797. The molecule has 4 fully saturated rings. The zero-order valence-electron chi connectivity index (χ0n) is 13.2. The van der Waals surface area contributed by atoms with Gasteiger partial charge in [-0.05, 0) is 50.4 Å². The lowest BCUT2D eigenvalue weighted by Gasteiger charge is -2.38. The van der Waals surface area contributed by atoms with E-state index in [1.165, 1.54) is 32.1 Å². The summed E-state index contributed by atoms with van der Waals surface area (Å²) < 4.78 is 23.8. The average molecular weight is 325 g/mol. The van der Waals surface area contributed by atoms with Crippen molar-refractivity contribution in [2.24, 2.45) is 17.8 Å². The van der Waals surface area contributed by atoms with E-state index >= 15 is 0 Å². The Morgan fingerprint density at radius 2 is 1.64 bits per heavy atom. The van der Waals surface area contributed by atoms with Crippen molar-refractivity contribution in [3.05, 3.63) is 0 Å². The van der Waals surface area contributed by atoms with E-state index in [1.54, 1.807) is 0 Å². The zero-order chi connectivity index (χ0) is 15.3. The number of hydrogen-bond donors (Lipinski definition) is 0. The van der Waals surface area contributed by atoms with Gasteiger partial charge in [-0.25, -0.2) is 8.42 Å². The van der Waals surface area contributed by atoms with Crippen LogP contribution in [-0.4, -0.2) is 42.8 Å². The highest BCUT2D eigenvalue weighted by molar-refractivity contribution is 7.91. The van der Waals surface area contributed by atoms with E-state index in [-0.39, 0.29) is 23.5 Å². The Morgan fingerprint density at radius 1 is 0.909 bits per heavy atom. The highest BCUT2D eigenvalue weighted by Crippen LogP contribution is 2.55. The van der Waals surface area contributed by atoms with Gasteiger partial charge in [0.05, 0.1) is 11.5 Å². The van der Waals surface area contributed by atoms with Crippen LogP contribution in [0.15, 0.2) is 0 Å². The highest BCUT2D eigenvalue weighted by atomic mass is 32.2. The molecule has 0 aromatic carbocycles. The van der Waals surface area contributed by atoms with Gasteiger partial charge in [-0.2, -0.15) is 0 Å². The predicted molar refractivity (Wildman–Crippen MR) is 85.1 cm³/mol. The van der Waals surface area contributed by atoms with Crippen LogP contribution in [0.1, 0.15) is 57.8 Å². The van der Waals surface area contributed by atoms with Crippen molar-refractivity contribution in [2.75, 3.05) is 11.5 Å². The molecule has 3 atom stereocenters. The molecule has 3 saturated carbocycles. The minimum absolute atomic E-state index is 0.0407. The topological polar surface area (TPSA) is 54.5 Å². The lowest BCUT2D eigenvalue weighted by Crippen LogP contribution is -2.49. The Balaban J connectivity index is 1.51. The van der Waals surface area contributed by atoms with Crippen molar-refractivity contribution in [1.82, 2.24) is 4.90 Å². The van der Waals surface area contributed by atoms with Crippen molar-refractivity contribution < 1.29 is 13.2 Å². The smallest absolute Gasteiger partial charge is 0.226 e. The SMILES string of the molecule is O=C(C1CC1C1CC1)N(C1CCCCC1)C1CCS(=O)(=O)C1. The third-order valence-corrected chi connectivity index (χ3v) is 7.96. The van der Waals surface area contributed by atoms with E-state index in [0.29, 0.717) is 24.3 Å². The van der Waals surface area contributed by atoms with Crippen LogP contribution in [0, 0.1) is 17.8 Å². The summed E-state index contributed by atoms with van der Waals surface area (Å²) >= 11 is 0. The van der Waals surface area contributed by atoms with Gasteiger partial charge in [0.1, 0.15) is 0 Å². The second kappa shape index (κ2) is 5.50. The molecule has 1 amide bonds. The molecule has 4 rings (SSSR count). The number of carbonyl (C=O) groups excluding carboxylic acids is 1. The van der Waals surface area contributed by atoms with Crippen molar-refractivity contribution in [1.29, 1.82) is 0 Å². The van der Waals surface area contributed by atoms with Crippen molar-refractivity contribution in [3.63, 3.8) is 0 Å². The van der Waals surface area contributed by atoms with Gasteiger partial charge in [0.25, 0.3) is 0 Å². The Morgan fingerprint density at radius 3 is 2.23 bits per heavy atom. The number of rotatable bonds is 4. The maximum Gasteiger partial charge on any atom is 0.226 e. The third-order valence-electron chi connectivity index (χ3n) is 6.21. The highest BCUT2D eigenvalue weighted by Gasteiger charge is 2.54. The van der Waals surface area contributed by atoms with Crippen LogP contribution < -0.4 is 0 Å². The molecule has 4 nitrogen and oxygen atoms in total. The Hall–Kier alpha value is -0.580. The molecule has 0 aromatic rings. The maximum absolute atomic E-state index is 13.1. The third kappa shape index (κ3) is 2.93. The van der Waals surface area contributed by atoms with Crippen LogP contribution in [-0.2, 0) is 14.6 Å². The van der Waals surface area contributed by atoms with Gasteiger partial charge >= 0.3 is 0 Å². The summed E-state index contributed by atoms with van der Waals surface area (Å²) in [5.41, 5.74) is 0. The molecule has 22 heavy (non-hydrogen) atoms. The Bertz CT molecular complexity index is 548. The summed E-state index contributed by atoms with van der Waals surface area (Å²) in [7, 11) is -2.93. The zero-order valence-corrected chi connectivity index (χ0v) is 14.1. The van der Waals surface area contributed by atoms with Crippen LogP contribution in [0.5, 0.6) is 0 Å². The molecule has 124 valence electrons. The summed E-state index contributed by atoms with van der Waals surface area (Å²) in [4.78, 5) is 15.1. The lowest BCUT2D eigenvalue weighted by molar-refractivity contribution is -0.138. The van der Waals surface area contributed by atoms with Crippen LogP contribution in [0.3, 0.4) is 0 Å². The first-order valence-electron chi connectivity index (χ1n) is 9.08. The lowest BCUT2D eigenvalue weighted by atomic mass is 9.92. The normalized spacial score (nSPS) is 37.9. The standard InChI is InChI=1S/C17H27NO3S/c19-17(16-10-15(16)12-6-7-12)18(13-4-2-1-3-5-13)14-8-9-22(20,21)11-14/h12-16H,1-11H2. The van der Waals surface area contributed by atoms with E-state index in [4.69, 9.17) is 0 Å². The minimum Gasteiger partial charge on any atom is -0.335 e. The van der Waals surface area contributed by atoms with Crippen molar-refractivity contribution in [2.45, 2.75) is 69.9 Å². The maximum atomic E-state index is 13.1. The van der Waals surface area contributed by atoms with Gasteiger partial charge in [0.2, 0.25) is 5.91 Å². The van der Waals surface area contributed by atoms with E-state index in [9.17, 15) is 13.2 Å². The molecule has 3 unspecified atom stereocenters. The van der Waals surface area contributed by atoms with E-state index in [2.05, 4.69) is 4.90 Å². The number of nitrogens with zero attached hydrogens (tertiary/aromatic N) is 1. The first-order valence-corrected chi connectivity index (χ1v) is 10.9. The molecule has 4 aliphatic rings. The predicted octanol–water partition coefficient (Wildman–Crippen LogP) is 2.38. The molecule has 1 heterocycles. The molecule has 1 aliphatic heterocycles. The molecule has 5 heteroatoms. The molecule has 0 N–H and O–H groups in total. The van der Waals surface area contributed by atoms with Gasteiger partial charge in [-0.15, -0.1) is 0 Å². The first kappa shape index (κ1) is 15.0.